The average molecular weight is 308 g/mol. The molecule has 7 nitrogen and oxygen atoms in total. The van der Waals surface area contributed by atoms with Gasteiger partial charge >= 0.3 is 6.09 Å². The van der Waals surface area contributed by atoms with Gasteiger partial charge in [0.1, 0.15) is 11.5 Å². The molecule has 22 heavy (non-hydrogen) atoms. The highest BCUT2D eigenvalue weighted by Crippen LogP contribution is 2.25. The lowest BCUT2D eigenvalue weighted by atomic mass is 10.1. The Morgan fingerprint density at radius 2 is 1.82 bits per heavy atom. The number of methoxy groups -OCH3 is 1. The largest absolute Gasteiger partial charge is 0.507 e. The Hall–Kier alpha value is -2.44. The van der Waals surface area contributed by atoms with Crippen molar-refractivity contribution in [1.82, 2.24) is 9.80 Å². The van der Waals surface area contributed by atoms with Gasteiger partial charge in [0.05, 0.1) is 19.3 Å². The van der Waals surface area contributed by atoms with Crippen molar-refractivity contribution in [3.05, 3.63) is 23.8 Å². The van der Waals surface area contributed by atoms with E-state index in [0.29, 0.717) is 38.5 Å². The van der Waals surface area contributed by atoms with Gasteiger partial charge in [-0.1, -0.05) is 0 Å². The lowest BCUT2D eigenvalue weighted by Crippen LogP contribution is -2.50. The maximum atomic E-state index is 12.4. The van der Waals surface area contributed by atoms with Gasteiger partial charge in [0, 0.05) is 32.2 Å². The van der Waals surface area contributed by atoms with Gasteiger partial charge in [0.2, 0.25) is 0 Å². The number of carbonyl (C=O) groups excluding carboxylic acids is 2. The van der Waals surface area contributed by atoms with E-state index in [-0.39, 0.29) is 23.3 Å². The maximum absolute atomic E-state index is 12.4. The van der Waals surface area contributed by atoms with E-state index < -0.39 is 0 Å². The second-order valence-corrected chi connectivity index (χ2v) is 4.86. The summed E-state index contributed by atoms with van der Waals surface area (Å²) < 4.78 is 9.93. The third-order valence-electron chi connectivity index (χ3n) is 3.53. The van der Waals surface area contributed by atoms with E-state index in [0.717, 1.165) is 0 Å². The molecule has 2 rings (SSSR count). The topological polar surface area (TPSA) is 79.3 Å². The van der Waals surface area contributed by atoms with Crippen molar-refractivity contribution in [2.24, 2.45) is 0 Å². The van der Waals surface area contributed by atoms with E-state index >= 15 is 0 Å². The van der Waals surface area contributed by atoms with Crippen LogP contribution < -0.4 is 4.74 Å². The Morgan fingerprint density at radius 1 is 1.18 bits per heavy atom. The lowest BCUT2D eigenvalue weighted by molar-refractivity contribution is 0.0568. The number of hydrogen-bond donors (Lipinski definition) is 1. The number of amides is 2. The number of carbonyl (C=O) groups is 2. The second-order valence-electron chi connectivity index (χ2n) is 4.86. The number of aromatic hydroxyl groups is 1. The van der Waals surface area contributed by atoms with E-state index in [9.17, 15) is 14.7 Å². The number of ether oxygens (including phenoxy) is 2. The summed E-state index contributed by atoms with van der Waals surface area (Å²) in [6.07, 6.45) is -0.359. The van der Waals surface area contributed by atoms with Crippen LogP contribution in [-0.2, 0) is 4.74 Å². The van der Waals surface area contributed by atoms with E-state index in [4.69, 9.17) is 9.47 Å². The SMILES string of the molecule is CCOC(=O)N1CCN(C(=O)c2ccc(OC)cc2O)CC1. The molecular weight excluding hydrogens is 288 g/mol. The molecule has 0 radical (unpaired) electrons. The Kier molecular flexibility index (Phi) is 5.08. The standard InChI is InChI=1S/C15H20N2O5/c1-3-22-15(20)17-8-6-16(7-9-17)14(19)12-5-4-11(21-2)10-13(12)18/h4-5,10,18H,3,6-9H2,1-2H3. The zero-order chi connectivity index (χ0) is 16.1. The molecule has 0 atom stereocenters. The van der Waals surface area contributed by atoms with Crippen LogP contribution in [0.3, 0.4) is 0 Å². The van der Waals surface area contributed by atoms with Crippen LogP contribution in [0.1, 0.15) is 17.3 Å². The molecule has 1 aliphatic heterocycles. The molecule has 1 fully saturated rings. The Bertz CT molecular complexity index is 553. The summed E-state index contributed by atoms with van der Waals surface area (Å²) in [5.74, 6) is 0.113. The molecule has 1 heterocycles. The fraction of sp³-hybridized carbons (Fsp3) is 0.467. The Labute approximate surface area is 129 Å². The molecule has 2 amide bonds. The molecule has 1 saturated heterocycles. The molecule has 120 valence electrons. The van der Waals surface area contributed by atoms with Gasteiger partial charge in [-0.15, -0.1) is 0 Å². The van der Waals surface area contributed by atoms with Crippen LogP contribution in [0.2, 0.25) is 0 Å². The molecule has 1 aliphatic rings. The van der Waals surface area contributed by atoms with Crippen molar-refractivity contribution >= 4 is 12.0 Å². The summed E-state index contributed by atoms with van der Waals surface area (Å²) in [6, 6.07) is 4.57. The highest BCUT2D eigenvalue weighted by molar-refractivity contribution is 5.97. The normalized spacial score (nSPS) is 14.6. The van der Waals surface area contributed by atoms with Crippen molar-refractivity contribution in [3.63, 3.8) is 0 Å². The minimum Gasteiger partial charge on any atom is -0.507 e. The summed E-state index contributed by atoms with van der Waals surface area (Å²) in [5.41, 5.74) is 0.227. The minimum absolute atomic E-state index is 0.114. The molecule has 1 aromatic carbocycles. The summed E-state index contributed by atoms with van der Waals surface area (Å²) in [6.45, 7) is 3.73. The molecule has 0 aliphatic carbocycles. The number of rotatable bonds is 3. The van der Waals surface area contributed by atoms with Gasteiger partial charge in [-0.25, -0.2) is 4.79 Å². The monoisotopic (exact) mass is 308 g/mol. The fourth-order valence-electron chi connectivity index (χ4n) is 2.30. The van der Waals surface area contributed by atoms with Gasteiger partial charge < -0.3 is 24.4 Å². The van der Waals surface area contributed by atoms with Crippen molar-refractivity contribution in [2.75, 3.05) is 39.9 Å². The smallest absolute Gasteiger partial charge is 0.409 e. The van der Waals surface area contributed by atoms with Gasteiger partial charge in [0.15, 0.2) is 0 Å². The first-order chi connectivity index (χ1) is 10.6. The van der Waals surface area contributed by atoms with Gasteiger partial charge in [-0.3, -0.25) is 4.79 Å². The zero-order valence-corrected chi connectivity index (χ0v) is 12.7. The first-order valence-corrected chi connectivity index (χ1v) is 7.14. The highest BCUT2D eigenvalue weighted by atomic mass is 16.6. The summed E-state index contributed by atoms with van der Waals surface area (Å²) in [7, 11) is 1.49. The molecule has 0 spiro atoms. The minimum atomic E-state index is -0.359. The van der Waals surface area contributed by atoms with Crippen LogP contribution >= 0.6 is 0 Å². The van der Waals surface area contributed by atoms with E-state index in [2.05, 4.69) is 0 Å². The average Bonchev–Trinajstić information content (AvgIpc) is 2.54. The summed E-state index contributed by atoms with van der Waals surface area (Å²) in [4.78, 5) is 27.2. The Balaban J connectivity index is 1.99. The number of benzene rings is 1. The number of phenolic OH excluding ortho intramolecular Hbond substituents is 1. The number of nitrogens with zero attached hydrogens (tertiary/aromatic N) is 2. The number of hydrogen-bond acceptors (Lipinski definition) is 5. The van der Waals surface area contributed by atoms with E-state index in [1.54, 1.807) is 22.8 Å². The predicted molar refractivity (Wildman–Crippen MR) is 79.2 cm³/mol. The molecule has 0 saturated carbocycles. The van der Waals surface area contributed by atoms with E-state index in [1.807, 2.05) is 0 Å². The van der Waals surface area contributed by atoms with Crippen molar-refractivity contribution in [1.29, 1.82) is 0 Å². The van der Waals surface area contributed by atoms with Crippen LogP contribution in [0.15, 0.2) is 18.2 Å². The predicted octanol–water partition coefficient (Wildman–Crippen LogP) is 1.32. The third kappa shape index (κ3) is 3.41. The highest BCUT2D eigenvalue weighted by Gasteiger charge is 2.26. The lowest BCUT2D eigenvalue weighted by Gasteiger charge is -2.34. The zero-order valence-electron chi connectivity index (χ0n) is 12.7. The third-order valence-corrected chi connectivity index (χ3v) is 3.53. The molecule has 0 unspecified atom stereocenters. The van der Waals surface area contributed by atoms with E-state index in [1.165, 1.54) is 19.2 Å². The maximum Gasteiger partial charge on any atom is 0.409 e. The first-order valence-electron chi connectivity index (χ1n) is 7.14. The van der Waals surface area contributed by atoms with Gasteiger partial charge in [-0.2, -0.15) is 0 Å². The van der Waals surface area contributed by atoms with Crippen LogP contribution in [0.5, 0.6) is 11.5 Å². The molecule has 1 N–H and O–H groups in total. The quantitative estimate of drug-likeness (QED) is 0.911. The second kappa shape index (κ2) is 7.02. The van der Waals surface area contributed by atoms with Crippen molar-refractivity contribution in [3.8, 4) is 11.5 Å². The van der Waals surface area contributed by atoms with Crippen LogP contribution in [0, 0.1) is 0 Å². The fourth-order valence-corrected chi connectivity index (χ4v) is 2.30. The summed E-state index contributed by atoms with van der Waals surface area (Å²) >= 11 is 0. The van der Waals surface area contributed by atoms with Crippen LogP contribution in [0.4, 0.5) is 4.79 Å². The van der Waals surface area contributed by atoms with Crippen LogP contribution in [-0.4, -0.2) is 66.8 Å². The van der Waals surface area contributed by atoms with Gasteiger partial charge in [-0.05, 0) is 19.1 Å². The molecule has 7 heteroatoms. The number of piperazine rings is 1. The Morgan fingerprint density at radius 3 is 2.36 bits per heavy atom. The van der Waals surface area contributed by atoms with Crippen LogP contribution in [0.25, 0.3) is 0 Å². The molecule has 1 aromatic rings. The van der Waals surface area contributed by atoms with Crippen molar-refractivity contribution < 1.29 is 24.2 Å². The number of phenols is 1. The van der Waals surface area contributed by atoms with Crippen molar-refractivity contribution in [2.45, 2.75) is 6.92 Å². The molecule has 0 aromatic heterocycles. The summed E-state index contributed by atoms with van der Waals surface area (Å²) in [5, 5.41) is 9.92. The molecular formula is C15H20N2O5. The van der Waals surface area contributed by atoms with Gasteiger partial charge in [0.25, 0.3) is 5.91 Å². The molecule has 0 bridgehead atoms. The first kappa shape index (κ1) is 15.9.